The molecule has 3 nitrogen and oxygen atoms in total. The SMILES string of the molecule is C=CCCC(=O)N1CCC[C@@H]1c1ccccc1OC. The smallest absolute Gasteiger partial charge is 0.223 e. The predicted octanol–water partition coefficient (Wildman–Crippen LogP) is 3.32. The number of hydrogen-bond acceptors (Lipinski definition) is 2. The molecule has 1 atom stereocenters. The highest BCUT2D eigenvalue weighted by atomic mass is 16.5. The molecule has 0 saturated carbocycles. The van der Waals surface area contributed by atoms with E-state index in [0.717, 1.165) is 37.1 Å². The van der Waals surface area contributed by atoms with Crippen LogP contribution < -0.4 is 4.74 Å². The van der Waals surface area contributed by atoms with Gasteiger partial charge in [0, 0.05) is 18.5 Å². The van der Waals surface area contributed by atoms with Crippen LogP contribution in [-0.2, 0) is 4.79 Å². The van der Waals surface area contributed by atoms with E-state index in [2.05, 4.69) is 12.6 Å². The van der Waals surface area contributed by atoms with Crippen molar-refractivity contribution in [2.45, 2.75) is 31.7 Å². The number of carbonyl (C=O) groups excluding carboxylic acids is 1. The Morgan fingerprint density at radius 3 is 3.05 bits per heavy atom. The zero-order chi connectivity index (χ0) is 13.7. The van der Waals surface area contributed by atoms with E-state index in [9.17, 15) is 4.79 Å². The summed E-state index contributed by atoms with van der Waals surface area (Å²) < 4.78 is 5.41. The van der Waals surface area contributed by atoms with E-state index >= 15 is 0 Å². The number of benzene rings is 1. The largest absolute Gasteiger partial charge is 0.496 e. The third-order valence-corrected chi connectivity index (χ3v) is 3.63. The number of rotatable bonds is 5. The second kappa shape index (κ2) is 6.41. The van der Waals surface area contributed by atoms with E-state index in [1.165, 1.54) is 0 Å². The van der Waals surface area contributed by atoms with Gasteiger partial charge in [-0.2, -0.15) is 0 Å². The fraction of sp³-hybridized carbons (Fsp3) is 0.438. The molecule has 1 aliphatic heterocycles. The van der Waals surface area contributed by atoms with Gasteiger partial charge in [-0.25, -0.2) is 0 Å². The zero-order valence-corrected chi connectivity index (χ0v) is 11.5. The van der Waals surface area contributed by atoms with Crippen molar-refractivity contribution < 1.29 is 9.53 Å². The van der Waals surface area contributed by atoms with Crippen LogP contribution in [0.15, 0.2) is 36.9 Å². The number of amides is 1. The minimum atomic E-state index is 0.161. The standard InChI is InChI=1S/C16H21NO2/c1-3-4-11-16(18)17-12-7-9-14(17)13-8-5-6-10-15(13)19-2/h3,5-6,8,10,14H,1,4,7,9,11-12H2,2H3/t14-/m1/s1. The Morgan fingerprint density at radius 2 is 2.32 bits per heavy atom. The molecule has 1 aromatic rings. The molecule has 1 aliphatic rings. The fourth-order valence-corrected chi connectivity index (χ4v) is 2.70. The molecule has 0 aromatic heterocycles. The molecule has 0 spiro atoms. The Morgan fingerprint density at radius 1 is 1.53 bits per heavy atom. The van der Waals surface area contributed by atoms with Crippen LogP contribution in [0.5, 0.6) is 5.75 Å². The van der Waals surface area contributed by atoms with Crippen molar-refractivity contribution >= 4 is 5.91 Å². The summed E-state index contributed by atoms with van der Waals surface area (Å²) in [7, 11) is 1.68. The van der Waals surface area contributed by atoms with Gasteiger partial charge in [0.15, 0.2) is 0 Å². The van der Waals surface area contributed by atoms with Crippen molar-refractivity contribution in [3.8, 4) is 5.75 Å². The van der Waals surface area contributed by atoms with Gasteiger partial charge in [-0.15, -0.1) is 6.58 Å². The molecule has 0 radical (unpaired) electrons. The van der Waals surface area contributed by atoms with Crippen LogP contribution in [0.3, 0.4) is 0 Å². The highest BCUT2D eigenvalue weighted by molar-refractivity contribution is 5.77. The Labute approximate surface area is 114 Å². The number of likely N-dealkylation sites (tertiary alicyclic amines) is 1. The quantitative estimate of drug-likeness (QED) is 0.759. The van der Waals surface area contributed by atoms with Gasteiger partial charge in [-0.05, 0) is 25.3 Å². The Balaban J connectivity index is 2.18. The molecule has 1 fully saturated rings. The first-order valence-corrected chi connectivity index (χ1v) is 6.81. The Hall–Kier alpha value is -1.77. The first kappa shape index (κ1) is 13.7. The minimum absolute atomic E-state index is 0.161. The molecule has 19 heavy (non-hydrogen) atoms. The highest BCUT2D eigenvalue weighted by Crippen LogP contribution is 2.37. The number of hydrogen-bond donors (Lipinski definition) is 0. The molecule has 0 aliphatic carbocycles. The van der Waals surface area contributed by atoms with Crippen LogP contribution in [0.1, 0.15) is 37.3 Å². The lowest BCUT2D eigenvalue weighted by molar-refractivity contribution is -0.132. The number of allylic oxidation sites excluding steroid dienone is 1. The first-order valence-electron chi connectivity index (χ1n) is 6.81. The molecule has 1 aromatic carbocycles. The maximum Gasteiger partial charge on any atom is 0.223 e. The summed E-state index contributed by atoms with van der Waals surface area (Å²) >= 11 is 0. The summed E-state index contributed by atoms with van der Waals surface area (Å²) in [6.07, 6.45) is 5.16. The summed E-state index contributed by atoms with van der Waals surface area (Å²) in [6.45, 7) is 4.52. The van der Waals surface area contributed by atoms with Gasteiger partial charge in [0.25, 0.3) is 0 Å². The third kappa shape index (κ3) is 2.98. The summed E-state index contributed by atoms with van der Waals surface area (Å²) in [4.78, 5) is 14.2. The Kier molecular flexibility index (Phi) is 4.61. The van der Waals surface area contributed by atoms with Crippen molar-refractivity contribution in [3.63, 3.8) is 0 Å². The molecular formula is C16H21NO2. The molecular weight excluding hydrogens is 238 g/mol. The summed E-state index contributed by atoms with van der Waals surface area (Å²) in [5.41, 5.74) is 1.12. The van der Waals surface area contributed by atoms with Crippen molar-refractivity contribution in [2.24, 2.45) is 0 Å². The van der Waals surface area contributed by atoms with Gasteiger partial charge in [-0.3, -0.25) is 4.79 Å². The zero-order valence-electron chi connectivity index (χ0n) is 11.5. The second-order valence-corrected chi connectivity index (χ2v) is 4.81. The van der Waals surface area contributed by atoms with Gasteiger partial charge in [0.05, 0.1) is 13.2 Å². The van der Waals surface area contributed by atoms with Gasteiger partial charge in [0.1, 0.15) is 5.75 Å². The van der Waals surface area contributed by atoms with E-state index in [4.69, 9.17) is 4.74 Å². The van der Waals surface area contributed by atoms with Crippen LogP contribution in [-0.4, -0.2) is 24.5 Å². The maximum absolute atomic E-state index is 12.2. The van der Waals surface area contributed by atoms with Crippen molar-refractivity contribution in [3.05, 3.63) is 42.5 Å². The van der Waals surface area contributed by atoms with E-state index in [-0.39, 0.29) is 11.9 Å². The molecule has 0 N–H and O–H groups in total. The average Bonchev–Trinajstić information content (AvgIpc) is 2.94. The third-order valence-electron chi connectivity index (χ3n) is 3.63. The molecule has 2 rings (SSSR count). The average molecular weight is 259 g/mol. The lowest BCUT2D eigenvalue weighted by Gasteiger charge is -2.26. The summed E-state index contributed by atoms with van der Waals surface area (Å²) in [5, 5.41) is 0. The highest BCUT2D eigenvalue weighted by Gasteiger charge is 2.30. The molecule has 3 heteroatoms. The number of nitrogens with zero attached hydrogens (tertiary/aromatic N) is 1. The normalized spacial score (nSPS) is 18.4. The number of methoxy groups -OCH3 is 1. The topological polar surface area (TPSA) is 29.5 Å². The number of carbonyl (C=O) groups is 1. The van der Waals surface area contributed by atoms with Gasteiger partial charge in [0.2, 0.25) is 5.91 Å². The van der Waals surface area contributed by atoms with Gasteiger partial charge >= 0.3 is 0 Å². The van der Waals surface area contributed by atoms with Crippen molar-refractivity contribution in [1.82, 2.24) is 4.90 Å². The van der Waals surface area contributed by atoms with Gasteiger partial charge in [-0.1, -0.05) is 24.3 Å². The van der Waals surface area contributed by atoms with E-state index in [0.29, 0.717) is 6.42 Å². The first-order chi connectivity index (χ1) is 9.27. The summed E-state index contributed by atoms with van der Waals surface area (Å²) in [6, 6.07) is 8.14. The van der Waals surface area contributed by atoms with Crippen LogP contribution in [0.4, 0.5) is 0 Å². The molecule has 1 saturated heterocycles. The maximum atomic E-state index is 12.2. The summed E-state index contributed by atoms with van der Waals surface area (Å²) in [5.74, 6) is 1.09. The number of ether oxygens (including phenoxy) is 1. The van der Waals surface area contributed by atoms with E-state index in [1.807, 2.05) is 23.1 Å². The molecule has 0 unspecified atom stereocenters. The fourth-order valence-electron chi connectivity index (χ4n) is 2.70. The lowest BCUT2D eigenvalue weighted by atomic mass is 10.0. The second-order valence-electron chi connectivity index (χ2n) is 4.81. The predicted molar refractivity (Wildman–Crippen MR) is 76.1 cm³/mol. The molecule has 1 amide bonds. The lowest BCUT2D eigenvalue weighted by Crippen LogP contribution is -2.30. The van der Waals surface area contributed by atoms with Crippen molar-refractivity contribution in [2.75, 3.05) is 13.7 Å². The Bertz CT molecular complexity index is 456. The van der Waals surface area contributed by atoms with Crippen LogP contribution in [0, 0.1) is 0 Å². The molecule has 0 bridgehead atoms. The van der Waals surface area contributed by atoms with Crippen LogP contribution >= 0.6 is 0 Å². The number of para-hydroxylation sites is 1. The minimum Gasteiger partial charge on any atom is -0.496 e. The van der Waals surface area contributed by atoms with E-state index in [1.54, 1.807) is 13.2 Å². The van der Waals surface area contributed by atoms with Crippen LogP contribution in [0.25, 0.3) is 0 Å². The van der Waals surface area contributed by atoms with E-state index < -0.39 is 0 Å². The molecule has 1 heterocycles. The van der Waals surface area contributed by atoms with Crippen LogP contribution in [0.2, 0.25) is 0 Å². The van der Waals surface area contributed by atoms with Crippen molar-refractivity contribution in [1.29, 1.82) is 0 Å². The monoisotopic (exact) mass is 259 g/mol. The molecule has 102 valence electrons. The van der Waals surface area contributed by atoms with Gasteiger partial charge < -0.3 is 9.64 Å².